The molecule has 110 valence electrons. The van der Waals surface area contributed by atoms with Gasteiger partial charge in [-0.15, -0.1) is 0 Å². The molecular weight excluding hydrogens is 260 g/mol. The van der Waals surface area contributed by atoms with E-state index in [1.807, 2.05) is 0 Å². The Hall–Kier alpha value is -1.88. The van der Waals surface area contributed by atoms with Crippen molar-refractivity contribution in [3.8, 4) is 0 Å². The highest BCUT2D eigenvalue weighted by molar-refractivity contribution is 5.96. The lowest BCUT2D eigenvalue weighted by Crippen LogP contribution is -2.44. The van der Waals surface area contributed by atoms with Crippen molar-refractivity contribution in [3.05, 3.63) is 35.9 Å². The molecular formula is C15H20O5. The molecule has 0 fully saturated rings. The average molecular weight is 280 g/mol. The molecule has 1 rings (SSSR count). The molecule has 1 aromatic rings. The van der Waals surface area contributed by atoms with Gasteiger partial charge in [-0.1, -0.05) is 30.3 Å². The minimum atomic E-state index is -1.69. The quantitative estimate of drug-likeness (QED) is 0.633. The molecule has 1 aromatic carbocycles. The Morgan fingerprint density at radius 3 is 1.95 bits per heavy atom. The fourth-order valence-corrected chi connectivity index (χ4v) is 1.95. The summed E-state index contributed by atoms with van der Waals surface area (Å²) in [6.07, 6.45) is 0. The molecule has 0 aliphatic heterocycles. The Kier molecular flexibility index (Phi) is 5.70. The first-order chi connectivity index (χ1) is 9.45. The maximum atomic E-state index is 12.0. The van der Waals surface area contributed by atoms with Gasteiger partial charge in [0.1, 0.15) is 5.60 Å². The van der Waals surface area contributed by atoms with Gasteiger partial charge in [0.05, 0.1) is 13.2 Å². The van der Waals surface area contributed by atoms with Crippen molar-refractivity contribution < 1.29 is 24.2 Å². The van der Waals surface area contributed by atoms with Crippen LogP contribution in [0.2, 0.25) is 0 Å². The van der Waals surface area contributed by atoms with Gasteiger partial charge < -0.3 is 14.6 Å². The summed E-state index contributed by atoms with van der Waals surface area (Å²) in [4.78, 5) is 24.0. The van der Waals surface area contributed by atoms with Gasteiger partial charge in [-0.2, -0.15) is 0 Å². The topological polar surface area (TPSA) is 72.8 Å². The number of rotatable bonds is 6. The Labute approximate surface area is 118 Å². The van der Waals surface area contributed by atoms with Crippen LogP contribution in [0, 0.1) is 5.92 Å². The fourth-order valence-electron chi connectivity index (χ4n) is 1.95. The van der Waals surface area contributed by atoms with Gasteiger partial charge in [-0.25, -0.2) is 0 Å². The second kappa shape index (κ2) is 7.05. The normalized spacial score (nSPS) is 13.7. The molecule has 1 N–H and O–H groups in total. The molecule has 20 heavy (non-hydrogen) atoms. The summed E-state index contributed by atoms with van der Waals surface area (Å²) in [6.45, 7) is 4.93. The molecule has 0 aliphatic rings. The summed E-state index contributed by atoms with van der Waals surface area (Å²) >= 11 is 0. The van der Waals surface area contributed by atoms with Gasteiger partial charge in [-0.05, 0) is 26.3 Å². The van der Waals surface area contributed by atoms with E-state index in [0.717, 1.165) is 0 Å². The Morgan fingerprint density at radius 1 is 1.10 bits per heavy atom. The zero-order valence-electron chi connectivity index (χ0n) is 12.0. The van der Waals surface area contributed by atoms with Gasteiger partial charge in [0, 0.05) is 0 Å². The molecule has 0 heterocycles. The number of ether oxygens (including phenoxy) is 2. The predicted molar refractivity (Wildman–Crippen MR) is 72.8 cm³/mol. The van der Waals surface area contributed by atoms with E-state index in [-0.39, 0.29) is 13.2 Å². The summed E-state index contributed by atoms with van der Waals surface area (Å²) in [6, 6.07) is 8.51. The maximum Gasteiger partial charge on any atom is 0.323 e. The summed E-state index contributed by atoms with van der Waals surface area (Å²) in [5, 5.41) is 10.6. The van der Waals surface area contributed by atoms with Gasteiger partial charge in [-0.3, -0.25) is 9.59 Å². The minimum absolute atomic E-state index is 0.125. The monoisotopic (exact) mass is 280 g/mol. The lowest BCUT2D eigenvalue weighted by molar-refractivity contribution is -0.174. The zero-order valence-corrected chi connectivity index (χ0v) is 12.0. The number of aliphatic hydroxyl groups is 1. The number of carbonyl (C=O) groups is 2. The summed E-state index contributed by atoms with van der Waals surface area (Å²) in [5.41, 5.74) is -1.24. The number of hydrogen-bond acceptors (Lipinski definition) is 5. The number of benzene rings is 1. The van der Waals surface area contributed by atoms with Crippen molar-refractivity contribution in [3.63, 3.8) is 0 Å². The smallest absolute Gasteiger partial charge is 0.323 e. The van der Waals surface area contributed by atoms with E-state index >= 15 is 0 Å². The van der Waals surface area contributed by atoms with Crippen LogP contribution in [0.4, 0.5) is 0 Å². The van der Waals surface area contributed by atoms with Crippen LogP contribution in [-0.4, -0.2) is 30.3 Å². The highest BCUT2D eigenvalue weighted by Gasteiger charge is 2.46. The average Bonchev–Trinajstić information content (AvgIpc) is 2.40. The summed E-state index contributed by atoms with van der Waals surface area (Å²) in [7, 11) is 0. The Bertz CT molecular complexity index is 435. The third kappa shape index (κ3) is 3.57. The predicted octanol–water partition coefficient (Wildman–Crippen LogP) is 1.64. The lowest BCUT2D eigenvalue weighted by atomic mass is 9.83. The molecule has 0 amide bonds. The maximum absolute atomic E-state index is 12.0. The van der Waals surface area contributed by atoms with Crippen molar-refractivity contribution in [1.82, 2.24) is 0 Å². The number of esters is 2. The van der Waals surface area contributed by atoms with E-state index in [1.54, 1.807) is 44.2 Å². The van der Waals surface area contributed by atoms with Gasteiger partial charge >= 0.3 is 11.9 Å². The van der Waals surface area contributed by atoms with Crippen molar-refractivity contribution in [1.29, 1.82) is 0 Å². The van der Waals surface area contributed by atoms with Crippen molar-refractivity contribution in [2.45, 2.75) is 26.4 Å². The van der Waals surface area contributed by atoms with Crippen LogP contribution in [-0.2, 0) is 24.7 Å². The molecule has 0 bridgehead atoms. The van der Waals surface area contributed by atoms with E-state index in [2.05, 4.69) is 0 Å². The van der Waals surface area contributed by atoms with E-state index in [1.165, 1.54) is 6.92 Å². The molecule has 1 unspecified atom stereocenters. The molecule has 0 radical (unpaired) electrons. The van der Waals surface area contributed by atoms with E-state index in [9.17, 15) is 14.7 Å². The van der Waals surface area contributed by atoms with Crippen LogP contribution in [0.15, 0.2) is 30.3 Å². The van der Waals surface area contributed by atoms with Crippen molar-refractivity contribution >= 4 is 11.9 Å². The van der Waals surface area contributed by atoms with E-state index in [0.29, 0.717) is 5.56 Å². The molecule has 0 saturated heterocycles. The Balaban J connectivity index is 3.14. The lowest BCUT2D eigenvalue weighted by Gasteiger charge is -2.30. The number of hydrogen-bond donors (Lipinski definition) is 1. The van der Waals surface area contributed by atoms with Crippen LogP contribution in [0.5, 0.6) is 0 Å². The van der Waals surface area contributed by atoms with Gasteiger partial charge in [0.15, 0.2) is 5.92 Å². The summed E-state index contributed by atoms with van der Waals surface area (Å²) in [5.74, 6) is -3.00. The molecule has 0 spiro atoms. The van der Waals surface area contributed by atoms with Crippen molar-refractivity contribution in [2.75, 3.05) is 13.2 Å². The molecule has 0 aliphatic carbocycles. The summed E-state index contributed by atoms with van der Waals surface area (Å²) < 4.78 is 9.76. The molecule has 0 aromatic heterocycles. The molecule has 1 atom stereocenters. The molecule has 0 saturated carbocycles. The van der Waals surface area contributed by atoms with Crippen LogP contribution < -0.4 is 0 Å². The first kappa shape index (κ1) is 16.2. The zero-order chi connectivity index (χ0) is 15.2. The third-order valence-electron chi connectivity index (χ3n) is 2.96. The SMILES string of the molecule is CCOC(=O)C(C(=O)OCC)C(C)(O)c1ccccc1. The van der Waals surface area contributed by atoms with E-state index < -0.39 is 23.5 Å². The molecule has 5 heteroatoms. The highest BCUT2D eigenvalue weighted by atomic mass is 16.6. The van der Waals surface area contributed by atoms with Gasteiger partial charge in [0.25, 0.3) is 0 Å². The molecule has 5 nitrogen and oxygen atoms in total. The van der Waals surface area contributed by atoms with E-state index in [4.69, 9.17) is 9.47 Å². The largest absolute Gasteiger partial charge is 0.465 e. The first-order valence-electron chi connectivity index (χ1n) is 6.56. The van der Waals surface area contributed by atoms with Crippen LogP contribution in [0.3, 0.4) is 0 Å². The fraction of sp³-hybridized carbons (Fsp3) is 0.467. The Morgan fingerprint density at radius 2 is 1.55 bits per heavy atom. The van der Waals surface area contributed by atoms with Crippen LogP contribution in [0.25, 0.3) is 0 Å². The third-order valence-corrected chi connectivity index (χ3v) is 2.96. The van der Waals surface area contributed by atoms with Crippen LogP contribution >= 0.6 is 0 Å². The van der Waals surface area contributed by atoms with Crippen LogP contribution in [0.1, 0.15) is 26.3 Å². The second-order valence-electron chi connectivity index (χ2n) is 4.45. The van der Waals surface area contributed by atoms with Gasteiger partial charge in [0.2, 0.25) is 0 Å². The minimum Gasteiger partial charge on any atom is -0.465 e. The highest BCUT2D eigenvalue weighted by Crippen LogP contribution is 2.31. The standard InChI is InChI=1S/C15H20O5/c1-4-19-13(16)12(14(17)20-5-2)15(3,18)11-9-7-6-8-10-11/h6-10,12,18H,4-5H2,1-3H3. The second-order valence-corrected chi connectivity index (χ2v) is 4.45. The van der Waals surface area contributed by atoms with Crippen molar-refractivity contribution in [2.24, 2.45) is 5.92 Å². The number of carbonyl (C=O) groups excluding carboxylic acids is 2. The first-order valence-corrected chi connectivity index (χ1v) is 6.56.